The Morgan fingerprint density at radius 1 is 1.03 bits per heavy atom. The van der Waals surface area contributed by atoms with Crippen molar-refractivity contribution in [3.63, 3.8) is 0 Å². The summed E-state index contributed by atoms with van der Waals surface area (Å²) in [6.45, 7) is 0. The van der Waals surface area contributed by atoms with Gasteiger partial charge >= 0.3 is 0 Å². The fourth-order valence-corrected chi connectivity index (χ4v) is 3.56. The zero-order valence-electron chi connectivity index (χ0n) is 15.9. The van der Waals surface area contributed by atoms with Gasteiger partial charge in [0.2, 0.25) is 5.91 Å². The van der Waals surface area contributed by atoms with E-state index in [9.17, 15) is 4.79 Å². The van der Waals surface area contributed by atoms with Crippen molar-refractivity contribution >= 4 is 69.1 Å². The lowest BCUT2D eigenvalue weighted by Gasteiger charge is -2.10. The Balaban J connectivity index is 1.40. The highest BCUT2D eigenvalue weighted by atomic mass is 35.5. The van der Waals surface area contributed by atoms with Gasteiger partial charge in [0.25, 0.3) is 0 Å². The summed E-state index contributed by atoms with van der Waals surface area (Å²) in [5.74, 6) is 0.643. The summed E-state index contributed by atoms with van der Waals surface area (Å²) < 4.78 is 5.74. The Kier molecular flexibility index (Phi) is 6.32. The van der Waals surface area contributed by atoms with E-state index in [0.29, 0.717) is 27.1 Å². The molecule has 4 aromatic rings. The van der Waals surface area contributed by atoms with E-state index in [0.717, 1.165) is 16.6 Å². The van der Waals surface area contributed by atoms with E-state index in [1.165, 1.54) is 6.08 Å². The lowest BCUT2D eigenvalue weighted by molar-refractivity contribution is -0.115. The number of fused-ring (bicyclic) bond motifs is 1. The predicted molar refractivity (Wildman–Crippen MR) is 129 cm³/mol. The van der Waals surface area contributed by atoms with Gasteiger partial charge in [-0.15, -0.1) is 0 Å². The van der Waals surface area contributed by atoms with Crippen LogP contribution in [0.5, 0.6) is 0 Å². The molecule has 0 aliphatic carbocycles. The Morgan fingerprint density at radius 2 is 1.87 bits per heavy atom. The molecule has 0 radical (unpaired) electrons. The van der Waals surface area contributed by atoms with Crippen molar-refractivity contribution in [2.24, 2.45) is 0 Å². The van der Waals surface area contributed by atoms with Crippen LogP contribution in [-0.2, 0) is 4.79 Å². The van der Waals surface area contributed by atoms with Crippen molar-refractivity contribution in [3.05, 3.63) is 88.7 Å². The molecule has 1 amide bonds. The number of pyridine rings is 1. The summed E-state index contributed by atoms with van der Waals surface area (Å²) in [5.41, 5.74) is 2.26. The average Bonchev–Trinajstić information content (AvgIpc) is 3.23. The van der Waals surface area contributed by atoms with Gasteiger partial charge < -0.3 is 9.73 Å². The summed E-state index contributed by atoms with van der Waals surface area (Å²) in [4.78, 5) is 16.5. The van der Waals surface area contributed by atoms with Crippen LogP contribution in [0.1, 0.15) is 5.76 Å². The third kappa shape index (κ3) is 4.94. The maximum Gasteiger partial charge on any atom is 0.250 e. The average molecular weight is 468 g/mol. The number of rotatable bonds is 4. The Hall–Kier alpha value is -3.19. The maximum absolute atomic E-state index is 12.2. The van der Waals surface area contributed by atoms with E-state index in [2.05, 4.69) is 15.6 Å². The Bertz CT molecular complexity index is 1310. The number of thiocarbonyl (C=S) groups is 1. The van der Waals surface area contributed by atoms with Gasteiger partial charge in [0.1, 0.15) is 11.5 Å². The van der Waals surface area contributed by atoms with Gasteiger partial charge in [0.05, 0.1) is 15.6 Å². The molecule has 0 unspecified atom stereocenters. The van der Waals surface area contributed by atoms with Crippen molar-refractivity contribution < 1.29 is 9.21 Å². The van der Waals surface area contributed by atoms with Gasteiger partial charge in [0.15, 0.2) is 5.11 Å². The zero-order valence-corrected chi connectivity index (χ0v) is 18.3. The van der Waals surface area contributed by atoms with Crippen LogP contribution in [0.2, 0.25) is 10.0 Å². The van der Waals surface area contributed by atoms with E-state index in [-0.39, 0.29) is 5.11 Å². The number of hydrogen-bond acceptors (Lipinski definition) is 4. The molecule has 0 aliphatic rings. The molecule has 8 heteroatoms. The van der Waals surface area contributed by atoms with E-state index in [4.69, 9.17) is 39.8 Å². The lowest BCUT2D eigenvalue weighted by atomic mass is 10.2. The van der Waals surface area contributed by atoms with Gasteiger partial charge in [-0.1, -0.05) is 35.3 Å². The summed E-state index contributed by atoms with van der Waals surface area (Å²) in [7, 11) is 0. The number of nitrogens with one attached hydrogen (secondary N) is 2. The van der Waals surface area contributed by atoms with Crippen LogP contribution in [0, 0.1) is 0 Å². The molecule has 154 valence electrons. The maximum atomic E-state index is 12.2. The highest BCUT2D eigenvalue weighted by Gasteiger charge is 2.10. The molecule has 2 heterocycles. The van der Waals surface area contributed by atoms with Crippen LogP contribution < -0.4 is 10.6 Å². The minimum Gasteiger partial charge on any atom is -0.457 e. The van der Waals surface area contributed by atoms with Crippen LogP contribution in [0.25, 0.3) is 28.3 Å². The van der Waals surface area contributed by atoms with E-state index >= 15 is 0 Å². The molecule has 0 saturated heterocycles. The monoisotopic (exact) mass is 467 g/mol. The fourth-order valence-electron chi connectivity index (χ4n) is 2.96. The molecule has 0 atom stereocenters. The Morgan fingerprint density at radius 3 is 2.74 bits per heavy atom. The predicted octanol–water partition coefficient (Wildman–Crippen LogP) is 6.33. The number of aromatic nitrogens is 1. The smallest absolute Gasteiger partial charge is 0.250 e. The van der Waals surface area contributed by atoms with Gasteiger partial charge in [-0.3, -0.25) is 15.1 Å². The summed E-state index contributed by atoms with van der Waals surface area (Å²) >= 11 is 17.5. The van der Waals surface area contributed by atoms with Crippen LogP contribution in [-0.4, -0.2) is 16.0 Å². The van der Waals surface area contributed by atoms with Crippen LogP contribution in [0.4, 0.5) is 5.69 Å². The molecule has 4 rings (SSSR count). The molecule has 0 spiro atoms. The molecule has 0 bridgehead atoms. The van der Waals surface area contributed by atoms with Crippen LogP contribution >= 0.6 is 35.4 Å². The summed E-state index contributed by atoms with van der Waals surface area (Å²) in [5, 5.41) is 7.57. The minimum atomic E-state index is -0.394. The second-order valence-electron chi connectivity index (χ2n) is 6.46. The number of nitrogens with zero attached hydrogens (tertiary/aromatic N) is 1. The van der Waals surface area contributed by atoms with Crippen LogP contribution in [0.15, 0.2) is 77.4 Å². The molecule has 2 N–H and O–H groups in total. The minimum absolute atomic E-state index is 0.178. The Labute approximate surface area is 193 Å². The van der Waals surface area contributed by atoms with Gasteiger partial charge in [-0.25, -0.2) is 0 Å². The van der Waals surface area contributed by atoms with Gasteiger partial charge in [-0.05, 0) is 66.8 Å². The highest BCUT2D eigenvalue weighted by molar-refractivity contribution is 7.80. The van der Waals surface area contributed by atoms with Crippen molar-refractivity contribution in [3.8, 4) is 11.3 Å². The van der Waals surface area contributed by atoms with Crippen molar-refractivity contribution in [1.82, 2.24) is 10.3 Å². The molecular formula is C23H15Cl2N3O2S. The number of carbonyl (C=O) groups is 1. The molecule has 0 fully saturated rings. The van der Waals surface area contributed by atoms with E-state index in [1.807, 2.05) is 30.3 Å². The number of amides is 1. The first-order valence-corrected chi connectivity index (χ1v) is 10.4. The van der Waals surface area contributed by atoms with Crippen molar-refractivity contribution in [1.29, 1.82) is 0 Å². The largest absolute Gasteiger partial charge is 0.457 e. The topological polar surface area (TPSA) is 67.2 Å². The fraction of sp³-hybridized carbons (Fsp3) is 0. The van der Waals surface area contributed by atoms with Crippen molar-refractivity contribution in [2.45, 2.75) is 0 Å². The van der Waals surface area contributed by atoms with Crippen LogP contribution in [0.3, 0.4) is 0 Å². The number of anilines is 1. The van der Waals surface area contributed by atoms with Crippen molar-refractivity contribution in [2.75, 3.05) is 5.32 Å². The second-order valence-corrected chi connectivity index (χ2v) is 7.65. The van der Waals surface area contributed by atoms with Gasteiger partial charge in [-0.2, -0.15) is 0 Å². The number of furan rings is 1. The molecule has 2 aromatic heterocycles. The first-order chi connectivity index (χ1) is 15.0. The quantitative estimate of drug-likeness (QED) is 0.271. The third-order valence-corrected chi connectivity index (χ3v) is 5.40. The molecule has 0 saturated carbocycles. The summed E-state index contributed by atoms with van der Waals surface area (Å²) in [6.07, 6.45) is 4.60. The standard InChI is InChI=1S/C23H15Cl2N3O2S/c24-17-6-1-4-16(22(17)25)20-11-9-14(30-20)10-12-21(29)28-23(31)27-19-8-2-7-18-15(19)5-3-13-26-18/h1-13H,(H2,27,28,29,31). The third-order valence-electron chi connectivity index (χ3n) is 4.37. The molecule has 31 heavy (non-hydrogen) atoms. The van der Waals surface area contributed by atoms with Gasteiger partial charge in [0, 0.05) is 28.9 Å². The summed E-state index contributed by atoms with van der Waals surface area (Å²) in [6, 6.07) is 18.2. The number of benzene rings is 2. The molecular weight excluding hydrogens is 453 g/mol. The molecule has 0 aliphatic heterocycles. The SMILES string of the molecule is O=C(C=Cc1ccc(-c2cccc(Cl)c2Cl)o1)NC(=S)Nc1cccc2ncccc12. The second kappa shape index (κ2) is 9.31. The van der Waals surface area contributed by atoms with E-state index in [1.54, 1.807) is 42.6 Å². The molecule has 5 nitrogen and oxygen atoms in total. The lowest BCUT2D eigenvalue weighted by Crippen LogP contribution is -2.32. The van der Waals surface area contributed by atoms with E-state index < -0.39 is 5.91 Å². The number of halogens is 2. The molecule has 2 aromatic carbocycles. The normalized spacial score (nSPS) is 11.0. The number of hydrogen-bond donors (Lipinski definition) is 2. The first kappa shape index (κ1) is 21.1. The highest BCUT2D eigenvalue weighted by Crippen LogP contribution is 2.34. The first-order valence-electron chi connectivity index (χ1n) is 9.19. The number of carbonyl (C=O) groups excluding carboxylic acids is 1. The zero-order chi connectivity index (χ0) is 21.8.